The van der Waals surface area contributed by atoms with Gasteiger partial charge < -0.3 is 9.13 Å². The topological polar surface area (TPSA) is 87.2 Å². The summed E-state index contributed by atoms with van der Waals surface area (Å²) in [5.41, 5.74) is 3.19. The number of rotatable bonds is 3. The highest BCUT2D eigenvalue weighted by Crippen LogP contribution is 2.39. The number of imidazole rings is 2. The second-order valence-corrected chi connectivity index (χ2v) is 6.69. The maximum absolute atomic E-state index is 4.35. The Hall–Kier alpha value is -2.20. The van der Waals surface area contributed by atoms with Gasteiger partial charge in [0.25, 0.3) is 0 Å². The van der Waals surface area contributed by atoms with Crippen LogP contribution in [-0.4, -0.2) is 39.0 Å². The molecule has 10 heteroatoms. The molecule has 0 amide bonds. The molecule has 0 N–H and O–H groups in total. The molecule has 4 aromatic rings. The third kappa shape index (κ3) is 2.11. The Bertz CT molecular complexity index is 896. The van der Waals surface area contributed by atoms with Crippen molar-refractivity contribution in [2.24, 2.45) is 14.1 Å². The minimum absolute atomic E-state index is 0.786. The maximum atomic E-state index is 4.35. The van der Waals surface area contributed by atoms with Gasteiger partial charge in [0, 0.05) is 14.1 Å². The van der Waals surface area contributed by atoms with E-state index in [1.807, 2.05) is 23.2 Å². The van der Waals surface area contributed by atoms with Crippen molar-refractivity contribution in [3.05, 3.63) is 25.3 Å². The van der Waals surface area contributed by atoms with Gasteiger partial charge in [-0.15, -0.1) is 0 Å². The summed E-state index contributed by atoms with van der Waals surface area (Å²) < 4.78 is 3.74. The van der Waals surface area contributed by atoms with E-state index < -0.39 is 0 Å². The Balaban J connectivity index is 1.69. The van der Waals surface area contributed by atoms with E-state index in [1.165, 1.54) is 21.6 Å². The van der Waals surface area contributed by atoms with Crippen molar-refractivity contribution < 1.29 is 0 Å². The van der Waals surface area contributed by atoms with Gasteiger partial charge in [0.1, 0.15) is 33.7 Å². The zero-order valence-electron chi connectivity index (χ0n) is 11.7. The van der Waals surface area contributed by atoms with Crippen LogP contribution in [0, 0.1) is 0 Å². The van der Waals surface area contributed by atoms with E-state index >= 15 is 0 Å². The third-order valence-electron chi connectivity index (χ3n) is 3.13. The fraction of sp³-hybridized carbons (Fsp3) is 0.167. The Morgan fingerprint density at radius 1 is 0.682 bits per heavy atom. The summed E-state index contributed by atoms with van der Waals surface area (Å²) in [5.74, 6) is 0. The molecule has 4 heterocycles. The van der Waals surface area contributed by atoms with Crippen LogP contribution < -0.4 is 0 Å². The molecule has 0 aliphatic rings. The zero-order valence-corrected chi connectivity index (χ0v) is 13.3. The van der Waals surface area contributed by atoms with Crippen molar-refractivity contribution in [3.8, 4) is 0 Å². The maximum Gasteiger partial charge on any atom is 0.164 e. The van der Waals surface area contributed by atoms with Crippen molar-refractivity contribution in [1.29, 1.82) is 0 Å². The summed E-state index contributed by atoms with van der Waals surface area (Å²) in [6.45, 7) is 0. The van der Waals surface area contributed by atoms with Crippen LogP contribution in [-0.2, 0) is 14.1 Å². The SMILES string of the molecule is Cn1cnc2c(SSc3ncnc4c3ncn4C)ncnc21. The normalized spacial score (nSPS) is 11.5. The van der Waals surface area contributed by atoms with E-state index in [4.69, 9.17) is 0 Å². The standard InChI is InChI=1S/C12H10N8S2/c1-19-5-17-7-9(19)13-3-15-11(7)21-22-12-8-10(14-4-16-12)20(2)6-18-8/h3-6H,1-2H3. The zero-order chi connectivity index (χ0) is 15.1. The van der Waals surface area contributed by atoms with Crippen molar-refractivity contribution >= 4 is 43.9 Å². The molecular formula is C12H10N8S2. The Morgan fingerprint density at radius 2 is 1.14 bits per heavy atom. The van der Waals surface area contributed by atoms with Crippen LogP contribution in [0.5, 0.6) is 0 Å². The fourth-order valence-corrected chi connectivity index (χ4v) is 4.04. The van der Waals surface area contributed by atoms with E-state index in [0.29, 0.717) is 0 Å². The minimum Gasteiger partial charge on any atom is -0.318 e. The van der Waals surface area contributed by atoms with E-state index in [0.717, 1.165) is 32.4 Å². The minimum atomic E-state index is 0.786. The average molecular weight is 330 g/mol. The number of hydrogen-bond donors (Lipinski definition) is 0. The van der Waals surface area contributed by atoms with Gasteiger partial charge in [-0.05, 0) is 21.6 Å². The smallest absolute Gasteiger partial charge is 0.164 e. The molecule has 0 spiro atoms. The first-order valence-electron chi connectivity index (χ1n) is 6.32. The van der Waals surface area contributed by atoms with Gasteiger partial charge in [0.05, 0.1) is 12.7 Å². The first-order valence-corrected chi connectivity index (χ1v) is 8.47. The monoisotopic (exact) mass is 330 g/mol. The molecule has 22 heavy (non-hydrogen) atoms. The second kappa shape index (κ2) is 5.21. The van der Waals surface area contributed by atoms with Crippen molar-refractivity contribution in [1.82, 2.24) is 39.0 Å². The lowest BCUT2D eigenvalue weighted by Crippen LogP contribution is -1.91. The van der Waals surface area contributed by atoms with Crippen LogP contribution in [0.15, 0.2) is 35.4 Å². The third-order valence-corrected chi connectivity index (χ3v) is 5.32. The summed E-state index contributed by atoms with van der Waals surface area (Å²) in [7, 11) is 6.80. The van der Waals surface area contributed by atoms with E-state index in [-0.39, 0.29) is 0 Å². The summed E-state index contributed by atoms with van der Waals surface area (Å²) in [5, 5.41) is 1.61. The number of aromatic nitrogens is 8. The molecule has 0 saturated heterocycles. The Morgan fingerprint density at radius 3 is 1.59 bits per heavy atom. The molecule has 0 radical (unpaired) electrons. The lowest BCUT2D eigenvalue weighted by atomic mass is 10.5. The van der Waals surface area contributed by atoms with Gasteiger partial charge in [-0.1, -0.05) is 0 Å². The molecule has 0 bridgehead atoms. The van der Waals surface area contributed by atoms with Gasteiger partial charge in [0.2, 0.25) is 0 Å². The molecular weight excluding hydrogens is 320 g/mol. The fourth-order valence-electron chi connectivity index (χ4n) is 2.05. The van der Waals surface area contributed by atoms with Crippen molar-refractivity contribution in [2.45, 2.75) is 10.1 Å². The van der Waals surface area contributed by atoms with Crippen LogP contribution in [0.3, 0.4) is 0 Å². The van der Waals surface area contributed by atoms with E-state index in [2.05, 4.69) is 29.9 Å². The average Bonchev–Trinajstić information content (AvgIpc) is 3.10. The number of fused-ring (bicyclic) bond motifs is 2. The van der Waals surface area contributed by atoms with Gasteiger partial charge in [-0.2, -0.15) is 0 Å². The van der Waals surface area contributed by atoms with Crippen LogP contribution >= 0.6 is 21.6 Å². The molecule has 0 aliphatic carbocycles. The number of aryl methyl sites for hydroxylation is 2. The summed E-state index contributed by atoms with van der Waals surface area (Å²) in [4.78, 5) is 25.8. The predicted octanol–water partition coefficient (Wildman–Crippen LogP) is 1.84. The van der Waals surface area contributed by atoms with Crippen molar-refractivity contribution in [3.63, 3.8) is 0 Å². The lowest BCUT2D eigenvalue weighted by Gasteiger charge is -2.01. The van der Waals surface area contributed by atoms with Gasteiger partial charge in [-0.3, -0.25) is 0 Å². The summed E-state index contributed by atoms with van der Waals surface area (Å²) in [6, 6.07) is 0. The molecule has 110 valence electrons. The highest BCUT2D eigenvalue weighted by atomic mass is 33.1. The highest BCUT2D eigenvalue weighted by Gasteiger charge is 2.13. The first-order chi connectivity index (χ1) is 10.7. The highest BCUT2D eigenvalue weighted by molar-refractivity contribution is 8.76. The van der Waals surface area contributed by atoms with E-state index in [9.17, 15) is 0 Å². The Labute approximate surface area is 132 Å². The van der Waals surface area contributed by atoms with Crippen LogP contribution in [0.2, 0.25) is 0 Å². The quantitative estimate of drug-likeness (QED) is 0.415. The molecule has 0 aromatic carbocycles. The van der Waals surface area contributed by atoms with Gasteiger partial charge >= 0.3 is 0 Å². The molecule has 0 aliphatic heterocycles. The summed E-state index contributed by atoms with van der Waals surface area (Å²) in [6.07, 6.45) is 6.55. The number of hydrogen-bond acceptors (Lipinski definition) is 8. The molecule has 0 fully saturated rings. The second-order valence-electron chi connectivity index (χ2n) is 4.58. The molecule has 0 saturated carbocycles. The van der Waals surface area contributed by atoms with Crippen LogP contribution in [0.25, 0.3) is 22.3 Å². The van der Waals surface area contributed by atoms with Gasteiger partial charge in [0.15, 0.2) is 11.3 Å². The first kappa shape index (κ1) is 13.5. The van der Waals surface area contributed by atoms with E-state index in [1.54, 1.807) is 25.3 Å². The molecule has 0 unspecified atom stereocenters. The molecule has 4 aromatic heterocycles. The number of nitrogens with zero attached hydrogens (tertiary/aromatic N) is 8. The largest absolute Gasteiger partial charge is 0.318 e. The van der Waals surface area contributed by atoms with Gasteiger partial charge in [-0.25, -0.2) is 29.9 Å². The predicted molar refractivity (Wildman–Crippen MR) is 84.3 cm³/mol. The Kier molecular flexibility index (Phi) is 3.19. The molecule has 8 nitrogen and oxygen atoms in total. The molecule has 0 atom stereocenters. The van der Waals surface area contributed by atoms with Crippen molar-refractivity contribution in [2.75, 3.05) is 0 Å². The van der Waals surface area contributed by atoms with Crippen LogP contribution in [0.4, 0.5) is 0 Å². The lowest BCUT2D eigenvalue weighted by molar-refractivity contribution is 0.925. The summed E-state index contributed by atoms with van der Waals surface area (Å²) >= 11 is 0. The molecule has 4 rings (SSSR count). The van der Waals surface area contributed by atoms with Crippen LogP contribution in [0.1, 0.15) is 0 Å².